The SMILES string of the molecule is CCCc1ccc(Nc2cc(Cl)c(F)cc2N)cc1. The highest BCUT2D eigenvalue weighted by Gasteiger charge is 2.06. The lowest BCUT2D eigenvalue weighted by atomic mass is 10.1. The van der Waals surface area contributed by atoms with Gasteiger partial charge < -0.3 is 11.1 Å². The zero-order valence-corrected chi connectivity index (χ0v) is 11.5. The predicted octanol–water partition coefficient (Wildman–Crippen LogP) is 4.76. The summed E-state index contributed by atoms with van der Waals surface area (Å²) in [4.78, 5) is 0. The van der Waals surface area contributed by atoms with E-state index in [9.17, 15) is 4.39 Å². The monoisotopic (exact) mass is 278 g/mol. The van der Waals surface area contributed by atoms with Crippen LogP contribution in [-0.2, 0) is 6.42 Å². The minimum atomic E-state index is -0.511. The van der Waals surface area contributed by atoms with Crippen LogP contribution in [0.5, 0.6) is 0 Å². The Morgan fingerprint density at radius 3 is 2.53 bits per heavy atom. The van der Waals surface area contributed by atoms with Gasteiger partial charge >= 0.3 is 0 Å². The fraction of sp³-hybridized carbons (Fsp3) is 0.200. The van der Waals surface area contributed by atoms with E-state index in [1.165, 1.54) is 17.7 Å². The van der Waals surface area contributed by atoms with Crippen molar-refractivity contribution in [3.63, 3.8) is 0 Å². The first kappa shape index (κ1) is 13.7. The smallest absolute Gasteiger partial charge is 0.143 e. The van der Waals surface area contributed by atoms with Crippen LogP contribution in [0.2, 0.25) is 5.02 Å². The summed E-state index contributed by atoms with van der Waals surface area (Å²) < 4.78 is 13.2. The Balaban J connectivity index is 2.19. The van der Waals surface area contributed by atoms with Crippen molar-refractivity contribution >= 4 is 28.7 Å². The molecule has 0 bridgehead atoms. The second-order valence-electron chi connectivity index (χ2n) is 4.43. The van der Waals surface area contributed by atoms with Crippen molar-refractivity contribution < 1.29 is 4.39 Å². The van der Waals surface area contributed by atoms with E-state index in [1.807, 2.05) is 12.1 Å². The lowest BCUT2D eigenvalue weighted by Crippen LogP contribution is -1.97. The van der Waals surface area contributed by atoms with Crippen LogP contribution in [0.15, 0.2) is 36.4 Å². The molecule has 3 N–H and O–H groups in total. The number of anilines is 3. The van der Waals surface area contributed by atoms with Crippen LogP contribution < -0.4 is 11.1 Å². The Hall–Kier alpha value is -1.74. The van der Waals surface area contributed by atoms with Gasteiger partial charge in [0.1, 0.15) is 5.82 Å². The molecule has 0 spiro atoms. The zero-order chi connectivity index (χ0) is 13.8. The standard InChI is InChI=1S/C15H16ClFN2/c1-2-3-10-4-6-11(7-5-10)19-15-8-12(16)13(17)9-14(15)18/h4-9,19H,2-3,18H2,1H3. The third kappa shape index (κ3) is 3.38. The third-order valence-corrected chi connectivity index (χ3v) is 3.15. The van der Waals surface area contributed by atoms with Crippen molar-refractivity contribution in [1.29, 1.82) is 0 Å². The zero-order valence-electron chi connectivity index (χ0n) is 10.7. The number of nitrogens with two attached hydrogens (primary N) is 1. The van der Waals surface area contributed by atoms with Crippen LogP contribution in [0.4, 0.5) is 21.5 Å². The first-order valence-corrected chi connectivity index (χ1v) is 6.58. The van der Waals surface area contributed by atoms with Crippen LogP contribution in [0.3, 0.4) is 0 Å². The number of hydrogen-bond acceptors (Lipinski definition) is 2. The maximum absolute atomic E-state index is 13.2. The van der Waals surface area contributed by atoms with Crippen molar-refractivity contribution in [2.75, 3.05) is 11.1 Å². The maximum atomic E-state index is 13.2. The first-order valence-electron chi connectivity index (χ1n) is 6.20. The van der Waals surface area contributed by atoms with Crippen molar-refractivity contribution in [1.82, 2.24) is 0 Å². The van der Waals surface area contributed by atoms with Crippen LogP contribution in [0.25, 0.3) is 0 Å². The van der Waals surface area contributed by atoms with E-state index in [4.69, 9.17) is 17.3 Å². The average Bonchev–Trinajstić information content (AvgIpc) is 2.38. The molecule has 0 aliphatic heterocycles. The number of hydrogen-bond donors (Lipinski definition) is 2. The molecule has 0 unspecified atom stereocenters. The fourth-order valence-corrected chi connectivity index (χ4v) is 2.03. The maximum Gasteiger partial charge on any atom is 0.143 e. The predicted molar refractivity (Wildman–Crippen MR) is 79.5 cm³/mol. The molecule has 0 heterocycles. The van der Waals surface area contributed by atoms with E-state index in [2.05, 4.69) is 24.4 Å². The first-order chi connectivity index (χ1) is 9.10. The summed E-state index contributed by atoms with van der Waals surface area (Å²) in [5.74, 6) is -0.511. The number of rotatable bonds is 4. The molecule has 0 aliphatic carbocycles. The Morgan fingerprint density at radius 1 is 1.21 bits per heavy atom. The molecular weight excluding hydrogens is 263 g/mol. The van der Waals surface area contributed by atoms with Gasteiger partial charge in [0, 0.05) is 11.8 Å². The highest BCUT2D eigenvalue weighted by Crippen LogP contribution is 2.29. The van der Waals surface area contributed by atoms with E-state index in [-0.39, 0.29) is 5.02 Å². The summed E-state index contributed by atoms with van der Waals surface area (Å²) in [7, 11) is 0. The molecule has 100 valence electrons. The van der Waals surface area contributed by atoms with Gasteiger partial charge in [-0.1, -0.05) is 37.1 Å². The van der Waals surface area contributed by atoms with Gasteiger partial charge in [-0.25, -0.2) is 4.39 Å². The number of aryl methyl sites for hydroxylation is 1. The number of nitrogens with one attached hydrogen (secondary N) is 1. The fourth-order valence-electron chi connectivity index (χ4n) is 1.87. The Morgan fingerprint density at radius 2 is 1.89 bits per heavy atom. The van der Waals surface area contributed by atoms with E-state index >= 15 is 0 Å². The van der Waals surface area contributed by atoms with Crippen LogP contribution in [-0.4, -0.2) is 0 Å². The molecule has 0 atom stereocenters. The Kier molecular flexibility index (Phi) is 4.27. The van der Waals surface area contributed by atoms with Gasteiger partial charge in [0.25, 0.3) is 0 Å². The summed E-state index contributed by atoms with van der Waals surface area (Å²) in [5, 5.41) is 3.19. The van der Waals surface area contributed by atoms with E-state index < -0.39 is 5.82 Å². The van der Waals surface area contributed by atoms with Gasteiger partial charge in [-0.15, -0.1) is 0 Å². The molecule has 0 saturated carbocycles. The minimum absolute atomic E-state index is 0.0549. The molecule has 0 amide bonds. The number of benzene rings is 2. The van der Waals surface area contributed by atoms with Crippen LogP contribution in [0, 0.1) is 5.82 Å². The van der Waals surface area contributed by atoms with Gasteiger partial charge in [0.05, 0.1) is 16.4 Å². The molecule has 2 aromatic rings. The molecule has 2 nitrogen and oxygen atoms in total. The highest BCUT2D eigenvalue weighted by molar-refractivity contribution is 6.31. The molecule has 0 aromatic heterocycles. The van der Waals surface area contributed by atoms with Crippen molar-refractivity contribution in [3.05, 3.63) is 52.8 Å². The topological polar surface area (TPSA) is 38.0 Å². The summed E-state index contributed by atoms with van der Waals surface area (Å²) in [6, 6.07) is 10.8. The Labute approximate surface area is 117 Å². The van der Waals surface area contributed by atoms with Gasteiger partial charge in [0.2, 0.25) is 0 Å². The molecular formula is C15H16ClFN2. The quantitative estimate of drug-likeness (QED) is 0.792. The largest absolute Gasteiger partial charge is 0.397 e. The second kappa shape index (κ2) is 5.93. The van der Waals surface area contributed by atoms with Crippen molar-refractivity contribution in [2.24, 2.45) is 0 Å². The lowest BCUT2D eigenvalue weighted by Gasteiger charge is -2.11. The second-order valence-corrected chi connectivity index (χ2v) is 4.83. The molecule has 19 heavy (non-hydrogen) atoms. The van der Waals surface area contributed by atoms with Crippen molar-refractivity contribution in [3.8, 4) is 0 Å². The van der Waals surface area contributed by atoms with E-state index in [0.717, 1.165) is 18.5 Å². The van der Waals surface area contributed by atoms with Crippen LogP contribution >= 0.6 is 11.6 Å². The van der Waals surface area contributed by atoms with E-state index in [1.54, 1.807) is 0 Å². The minimum Gasteiger partial charge on any atom is -0.397 e. The van der Waals surface area contributed by atoms with Gasteiger partial charge in [-0.3, -0.25) is 0 Å². The lowest BCUT2D eigenvalue weighted by molar-refractivity contribution is 0.629. The van der Waals surface area contributed by atoms with Gasteiger partial charge in [-0.05, 0) is 30.2 Å². The summed E-state index contributed by atoms with van der Waals surface area (Å²) in [6.45, 7) is 2.15. The number of nitrogen functional groups attached to an aromatic ring is 1. The third-order valence-electron chi connectivity index (χ3n) is 2.86. The van der Waals surface area contributed by atoms with Gasteiger partial charge in [-0.2, -0.15) is 0 Å². The summed E-state index contributed by atoms with van der Waals surface area (Å²) in [5.41, 5.74) is 8.88. The molecule has 2 rings (SSSR count). The molecule has 0 radical (unpaired) electrons. The molecule has 0 aliphatic rings. The Bertz CT molecular complexity index is 567. The summed E-state index contributed by atoms with van der Waals surface area (Å²) >= 11 is 5.75. The summed E-state index contributed by atoms with van der Waals surface area (Å²) in [6.07, 6.45) is 2.18. The van der Waals surface area contributed by atoms with Crippen LogP contribution in [0.1, 0.15) is 18.9 Å². The normalized spacial score (nSPS) is 10.5. The average molecular weight is 279 g/mol. The molecule has 0 fully saturated rings. The van der Waals surface area contributed by atoms with E-state index in [0.29, 0.717) is 11.4 Å². The van der Waals surface area contributed by atoms with Crippen molar-refractivity contribution in [2.45, 2.75) is 19.8 Å². The number of halogens is 2. The molecule has 2 aromatic carbocycles. The molecule has 0 saturated heterocycles. The molecule has 4 heteroatoms. The highest BCUT2D eigenvalue weighted by atomic mass is 35.5. The van der Waals surface area contributed by atoms with Gasteiger partial charge in [0.15, 0.2) is 0 Å².